The van der Waals surface area contributed by atoms with Crippen LogP contribution in [0.3, 0.4) is 0 Å². The average Bonchev–Trinajstić information content (AvgIpc) is 2.84. The smallest absolute Gasteiger partial charge is 0.319 e. The first-order chi connectivity index (χ1) is 15.2. The van der Waals surface area contributed by atoms with Crippen molar-refractivity contribution in [3.63, 3.8) is 0 Å². The normalized spacial score (nSPS) is 16.2. The molecule has 0 saturated carbocycles. The fraction of sp³-hybridized carbons (Fsp3) is 0.269. The lowest BCUT2D eigenvalue weighted by Gasteiger charge is -2.33. The number of rotatable bonds is 6. The Morgan fingerprint density at radius 1 is 0.935 bits per heavy atom. The number of methoxy groups -OCH3 is 1. The number of anilines is 2. The maximum Gasteiger partial charge on any atom is 0.319 e. The fourth-order valence-electron chi connectivity index (χ4n) is 4.07. The second-order valence-electron chi connectivity index (χ2n) is 7.85. The summed E-state index contributed by atoms with van der Waals surface area (Å²) >= 11 is 0. The summed E-state index contributed by atoms with van der Waals surface area (Å²) in [4.78, 5) is 15.1. The zero-order valence-corrected chi connectivity index (χ0v) is 17.8. The van der Waals surface area contributed by atoms with Gasteiger partial charge in [-0.05, 0) is 48.2 Å². The third-order valence-electron chi connectivity index (χ3n) is 5.74. The second-order valence-corrected chi connectivity index (χ2v) is 7.85. The van der Waals surface area contributed by atoms with E-state index < -0.39 is 0 Å². The van der Waals surface area contributed by atoms with Gasteiger partial charge in [0.2, 0.25) is 0 Å². The fourth-order valence-corrected chi connectivity index (χ4v) is 4.07. The maximum atomic E-state index is 12.8. The molecule has 1 fully saturated rings. The van der Waals surface area contributed by atoms with Gasteiger partial charge in [-0.2, -0.15) is 0 Å². The molecule has 1 aliphatic heterocycles. The first-order valence-corrected chi connectivity index (χ1v) is 10.8. The first kappa shape index (κ1) is 20.9. The molecule has 0 aromatic heterocycles. The molecule has 1 unspecified atom stereocenters. The lowest BCUT2D eigenvalue weighted by molar-refractivity contribution is 0.0893. The van der Waals surface area contributed by atoms with E-state index in [0.717, 1.165) is 48.4 Å². The molecule has 0 aliphatic carbocycles. The first-order valence-electron chi connectivity index (χ1n) is 10.8. The molecule has 3 aromatic carbocycles. The predicted molar refractivity (Wildman–Crippen MR) is 126 cm³/mol. The standard InChI is InChI=1S/C26H29N3O2/c1-31-24-13-8-18-29(19-24)23-16-14-22(15-17-23)27-26(30)28-25(20-9-4-2-5-10-20)21-11-6-3-7-12-21/h2-7,9-12,14-17,24-25H,8,13,18-19H2,1H3,(H2,27,28,30). The molecule has 160 valence electrons. The number of carbonyl (C=O) groups is 1. The topological polar surface area (TPSA) is 53.6 Å². The minimum Gasteiger partial charge on any atom is -0.380 e. The molecule has 3 aromatic rings. The number of hydrogen-bond donors (Lipinski definition) is 2. The number of ether oxygens (including phenoxy) is 1. The summed E-state index contributed by atoms with van der Waals surface area (Å²) in [6.45, 7) is 1.93. The van der Waals surface area contributed by atoms with Crippen LogP contribution in [0.25, 0.3) is 0 Å². The summed E-state index contributed by atoms with van der Waals surface area (Å²) in [6.07, 6.45) is 2.52. The lowest BCUT2D eigenvalue weighted by Crippen LogP contribution is -2.39. The van der Waals surface area contributed by atoms with Crippen molar-refractivity contribution in [2.45, 2.75) is 25.0 Å². The van der Waals surface area contributed by atoms with E-state index in [0.29, 0.717) is 0 Å². The Balaban J connectivity index is 1.42. The van der Waals surface area contributed by atoms with Gasteiger partial charge in [0, 0.05) is 31.6 Å². The summed E-state index contributed by atoms with van der Waals surface area (Å²) in [5.41, 5.74) is 3.99. The number of nitrogens with zero attached hydrogens (tertiary/aromatic N) is 1. The Bertz CT molecular complexity index is 921. The van der Waals surface area contributed by atoms with E-state index >= 15 is 0 Å². The summed E-state index contributed by atoms with van der Waals surface area (Å²) in [7, 11) is 1.78. The van der Waals surface area contributed by atoms with Crippen LogP contribution in [-0.2, 0) is 4.74 Å². The van der Waals surface area contributed by atoms with Gasteiger partial charge in [0.05, 0.1) is 12.1 Å². The molecule has 5 nitrogen and oxygen atoms in total. The van der Waals surface area contributed by atoms with Crippen LogP contribution < -0.4 is 15.5 Å². The zero-order chi connectivity index (χ0) is 21.5. The number of benzene rings is 3. The summed E-state index contributed by atoms with van der Waals surface area (Å²) in [6, 6.07) is 27.6. The molecule has 31 heavy (non-hydrogen) atoms. The summed E-state index contributed by atoms with van der Waals surface area (Å²) in [5.74, 6) is 0. The number of nitrogens with one attached hydrogen (secondary N) is 2. The van der Waals surface area contributed by atoms with Gasteiger partial charge < -0.3 is 20.3 Å². The Morgan fingerprint density at radius 2 is 1.55 bits per heavy atom. The Labute approximate surface area is 184 Å². The van der Waals surface area contributed by atoms with Crippen molar-refractivity contribution in [1.29, 1.82) is 0 Å². The van der Waals surface area contributed by atoms with Crippen LogP contribution in [0.15, 0.2) is 84.9 Å². The number of urea groups is 1. The van der Waals surface area contributed by atoms with E-state index in [1.807, 2.05) is 72.8 Å². The van der Waals surface area contributed by atoms with Gasteiger partial charge in [-0.15, -0.1) is 0 Å². The molecular formula is C26H29N3O2. The third kappa shape index (κ3) is 5.44. The van der Waals surface area contributed by atoms with Crippen LogP contribution >= 0.6 is 0 Å². The Morgan fingerprint density at radius 3 is 2.13 bits per heavy atom. The van der Waals surface area contributed by atoms with Gasteiger partial charge in [-0.3, -0.25) is 0 Å². The monoisotopic (exact) mass is 415 g/mol. The van der Waals surface area contributed by atoms with Gasteiger partial charge in [-0.1, -0.05) is 60.7 Å². The Hall–Kier alpha value is -3.31. The highest BCUT2D eigenvalue weighted by molar-refractivity contribution is 5.90. The van der Waals surface area contributed by atoms with Gasteiger partial charge in [0.25, 0.3) is 0 Å². The van der Waals surface area contributed by atoms with E-state index in [1.165, 1.54) is 0 Å². The van der Waals surface area contributed by atoms with Crippen molar-refractivity contribution >= 4 is 17.4 Å². The van der Waals surface area contributed by atoms with Crippen LogP contribution in [0.1, 0.15) is 30.0 Å². The van der Waals surface area contributed by atoms with Crippen molar-refractivity contribution in [2.24, 2.45) is 0 Å². The van der Waals surface area contributed by atoms with E-state index in [9.17, 15) is 4.79 Å². The van der Waals surface area contributed by atoms with Crippen LogP contribution in [0, 0.1) is 0 Å². The van der Waals surface area contributed by atoms with Crippen molar-refractivity contribution in [3.05, 3.63) is 96.1 Å². The quantitative estimate of drug-likeness (QED) is 0.581. The molecule has 1 heterocycles. The van der Waals surface area contributed by atoms with E-state index in [1.54, 1.807) is 7.11 Å². The Kier molecular flexibility index (Phi) is 6.85. The molecule has 0 spiro atoms. The van der Waals surface area contributed by atoms with Crippen LogP contribution in [0.5, 0.6) is 0 Å². The molecule has 2 N–H and O–H groups in total. The van der Waals surface area contributed by atoms with Crippen molar-refractivity contribution in [3.8, 4) is 0 Å². The maximum absolute atomic E-state index is 12.8. The molecule has 0 bridgehead atoms. The predicted octanol–water partition coefficient (Wildman–Crippen LogP) is 5.21. The van der Waals surface area contributed by atoms with E-state index in [-0.39, 0.29) is 18.2 Å². The largest absolute Gasteiger partial charge is 0.380 e. The minimum absolute atomic E-state index is 0.221. The van der Waals surface area contributed by atoms with Crippen LogP contribution in [0.4, 0.5) is 16.2 Å². The highest BCUT2D eigenvalue weighted by atomic mass is 16.5. The number of carbonyl (C=O) groups excluding carboxylic acids is 1. The average molecular weight is 416 g/mol. The van der Waals surface area contributed by atoms with E-state index in [4.69, 9.17) is 4.74 Å². The van der Waals surface area contributed by atoms with Crippen molar-refractivity contribution in [2.75, 3.05) is 30.4 Å². The lowest BCUT2D eigenvalue weighted by atomic mass is 9.99. The molecule has 1 saturated heterocycles. The summed E-state index contributed by atoms with van der Waals surface area (Å²) < 4.78 is 5.52. The molecule has 1 aliphatic rings. The van der Waals surface area contributed by atoms with Crippen molar-refractivity contribution < 1.29 is 9.53 Å². The van der Waals surface area contributed by atoms with Crippen LogP contribution in [0.2, 0.25) is 0 Å². The molecular weight excluding hydrogens is 386 g/mol. The number of amides is 2. The highest BCUT2D eigenvalue weighted by Gasteiger charge is 2.20. The third-order valence-corrected chi connectivity index (χ3v) is 5.74. The minimum atomic E-state index is -0.233. The number of hydrogen-bond acceptors (Lipinski definition) is 3. The van der Waals surface area contributed by atoms with Crippen molar-refractivity contribution in [1.82, 2.24) is 5.32 Å². The second kappa shape index (κ2) is 10.1. The van der Waals surface area contributed by atoms with Crippen LogP contribution in [-0.4, -0.2) is 32.3 Å². The SMILES string of the molecule is COC1CCCN(c2ccc(NC(=O)NC(c3ccccc3)c3ccccc3)cc2)C1. The van der Waals surface area contributed by atoms with E-state index in [2.05, 4.69) is 27.7 Å². The van der Waals surface area contributed by atoms with Gasteiger partial charge in [-0.25, -0.2) is 4.79 Å². The summed E-state index contributed by atoms with van der Waals surface area (Å²) in [5, 5.41) is 6.08. The molecule has 4 rings (SSSR count). The molecule has 0 radical (unpaired) electrons. The van der Waals surface area contributed by atoms with Gasteiger partial charge in [0.1, 0.15) is 0 Å². The molecule has 2 amide bonds. The zero-order valence-electron chi connectivity index (χ0n) is 17.8. The highest BCUT2D eigenvalue weighted by Crippen LogP contribution is 2.24. The molecule has 1 atom stereocenters. The molecule has 5 heteroatoms. The van der Waals surface area contributed by atoms with Gasteiger partial charge in [0.15, 0.2) is 0 Å². The number of piperidine rings is 1. The van der Waals surface area contributed by atoms with Gasteiger partial charge >= 0.3 is 6.03 Å².